The molecule has 0 aliphatic heterocycles. The van der Waals surface area contributed by atoms with Crippen LogP contribution in [0, 0.1) is 18.3 Å². The van der Waals surface area contributed by atoms with E-state index in [-0.39, 0.29) is 0 Å². The maximum Gasteiger partial charge on any atom is 0.0635 e. The van der Waals surface area contributed by atoms with Crippen molar-refractivity contribution in [2.45, 2.75) is 26.3 Å². The minimum absolute atomic E-state index is 0.322. The third-order valence-corrected chi connectivity index (χ3v) is 2.23. The summed E-state index contributed by atoms with van der Waals surface area (Å²) in [6, 6.07) is 10.9. The summed E-state index contributed by atoms with van der Waals surface area (Å²) >= 11 is 0. The number of benzene rings is 1. The summed E-state index contributed by atoms with van der Waals surface area (Å²) in [5.74, 6) is 0. The molecular weight excluding hydrogens is 172 g/mol. The Morgan fingerprint density at radius 1 is 1.50 bits per heavy atom. The van der Waals surface area contributed by atoms with Crippen molar-refractivity contribution in [3.8, 4) is 6.07 Å². The highest BCUT2D eigenvalue weighted by molar-refractivity contribution is 5.24. The molecular formula is C12H16N2. The second-order valence-electron chi connectivity index (χ2n) is 3.50. The molecule has 0 fully saturated rings. The summed E-state index contributed by atoms with van der Waals surface area (Å²) in [5.41, 5.74) is 2.55. The minimum atomic E-state index is 0.322. The summed E-state index contributed by atoms with van der Waals surface area (Å²) < 4.78 is 0. The Hall–Kier alpha value is -1.33. The van der Waals surface area contributed by atoms with Gasteiger partial charge in [0.2, 0.25) is 0 Å². The van der Waals surface area contributed by atoms with Gasteiger partial charge in [0.1, 0.15) is 0 Å². The normalized spacial score (nSPS) is 12.1. The van der Waals surface area contributed by atoms with Gasteiger partial charge in [0.15, 0.2) is 0 Å². The van der Waals surface area contributed by atoms with Crippen LogP contribution in [-0.4, -0.2) is 6.54 Å². The quantitative estimate of drug-likeness (QED) is 0.737. The van der Waals surface area contributed by atoms with Crippen LogP contribution in [0.25, 0.3) is 0 Å². The molecule has 0 saturated carbocycles. The predicted octanol–water partition coefficient (Wildman–Crippen LogP) is 2.56. The van der Waals surface area contributed by atoms with Crippen LogP contribution in [0.3, 0.4) is 0 Å². The number of nitriles is 1. The van der Waals surface area contributed by atoms with Gasteiger partial charge in [-0.3, -0.25) is 0 Å². The Morgan fingerprint density at radius 2 is 2.29 bits per heavy atom. The van der Waals surface area contributed by atoms with Crippen molar-refractivity contribution in [1.29, 1.82) is 5.26 Å². The first-order chi connectivity index (χ1) is 6.74. The van der Waals surface area contributed by atoms with Crippen molar-refractivity contribution in [3.63, 3.8) is 0 Å². The fourth-order valence-corrected chi connectivity index (χ4v) is 1.40. The number of nitrogens with one attached hydrogen (secondary N) is 1. The lowest BCUT2D eigenvalue weighted by Crippen LogP contribution is -2.19. The average Bonchev–Trinajstić information content (AvgIpc) is 2.18. The Balaban J connectivity index is 2.52. The van der Waals surface area contributed by atoms with Crippen molar-refractivity contribution in [2.24, 2.45) is 0 Å². The summed E-state index contributed by atoms with van der Waals surface area (Å²) in [5, 5.41) is 11.7. The van der Waals surface area contributed by atoms with Crippen LogP contribution in [0.1, 0.15) is 30.5 Å². The minimum Gasteiger partial charge on any atom is -0.309 e. The molecule has 0 saturated heterocycles. The molecule has 0 spiro atoms. The highest BCUT2D eigenvalue weighted by Gasteiger charge is 2.03. The topological polar surface area (TPSA) is 35.8 Å². The zero-order valence-electron chi connectivity index (χ0n) is 8.75. The lowest BCUT2D eigenvalue weighted by molar-refractivity contribution is 0.583. The Kier molecular flexibility index (Phi) is 4.15. The second-order valence-corrected chi connectivity index (χ2v) is 3.50. The zero-order valence-corrected chi connectivity index (χ0v) is 8.75. The number of hydrogen-bond donors (Lipinski definition) is 1. The molecule has 0 bridgehead atoms. The van der Waals surface area contributed by atoms with Crippen LogP contribution in [0.2, 0.25) is 0 Å². The van der Waals surface area contributed by atoms with Crippen molar-refractivity contribution in [2.75, 3.05) is 6.54 Å². The molecule has 1 aromatic rings. The highest BCUT2D eigenvalue weighted by atomic mass is 14.9. The van der Waals surface area contributed by atoms with Gasteiger partial charge in [0.05, 0.1) is 6.07 Å². The van der Waals surface area contributed by atoms with Gasteiger partial charge in [-0.1, -0.05) is 29.8 Å². The molecule has 14 heavy (non-hydrogen) atoms. The predicted molar refractivity (Wildman–Crippen MR) is 57.8 cm³/mol. The van der Waals surface area contributed by atoms with Crippen molar-refractivity contribution >= 4 is 0 Å². The standard InChI is InChI=1S/C12H16N2/c1-10-5-3-6-12(9-10)11(2)14-8-4-7-13/h3,5-6,9,11,14H,4,8H2,1-2H3/t11-/m1/s1. The summed E-state index contributed by atoms with van der Waals surface area (Å²) in [6.07, 6.45) is 0.566. The van der Waals surface area contributed by atoms with Gasteiger partial charge in [0.25, 0.3) is 0 Å². The maximum atomic E-state index is 8.40. The van der Waals surface area contributed by atoms with Gasteiger partial charge >= 0.3 is 0 Å². The monoisotopic (exact) mass is 188 g/mol. The fraction of sp³-hybridized carbons (Fsp3) is 0.417. The number of hydrogen-bond acceptors (Lipinski definition) is 2. The van der Waals surface area contributed by atoms with Crippen molar-refractivity contribution in [1.82, 2.24) is 5.32 Å². The Bertz CT molecular complexity index is 325. The first-order valence-electron chi connectivity index (χ1n) is 4.91. The molecule has 0 aliphatic rings. The Morgan fingerprint density at radius 3 is 2.93 bits per heavy atom. The average molecular weight is 188 g/mol. The highest BCUT2D eigenvalue weighted by Crippen LogP contribution is 2.13. The number of rotatable bonds is 4. The molecule has 1 atom stereocenters. The smallest absolute Gasteiger partial charge is 0.0635 e. The maximum absolute atomic E-state index is 8.40. The molecule has 1 N–H and O–H groups in total. The van der Waals surface area contributed by atoms with Gasteiger partial charge in [-0.2, -0.15) is 5.26 Å². The zero-order chi connectivity index (χ0) is 10.4. The largest absolute Gasteiger partial charge is 0.309 e. The first-order valence-corrected chi connectivity index (χ1v) is 4.91. The van der Waals surface area contributed by atoms with E-state index in [1.165, 1.54) is 11.1 Å². The molecule has 0 aromatic heterocycles. The summed E-state index contributed by atoms with van der Waals surface area (Å²) in [4.78, 5) is 0. The van der Waals surface area contributed by atoms with Gasteiger partial charge in [-0.25, -0.2) is 0 Å². The molecule has 0 radical (unpaired) electrons. The molecule has 0 unspecified atom stereocenters. The van der Waals surface area contributed by atoms with Crippen LogP contribution in [0.15, 0.2) is 24.3 Å². The third-order valence-electron chi connectivity index (χ3n) is 2.23. The van der Waals surface area contributed by atoms with E-state index in [0.717, 1.165) is 6.54 Å². The molecule has 74 valence electrons. The van der Waals surface area contributed by atoms with Crippen LogP contribution in [0.4, 0.5) is 0 Å². The number of nitrogens with zero attached hydrogens (tertiary/aromatic N) is 1. The lowest BCUT2D eigenvalue weighted by atomic mass is 10.1. The van der Waals surface area contributed by atoms with Crippen LogP contribution >= 0.6 is 0 Å². The van der Waals surface area contributed by atoms with E-state index < -0.39 is 0 Å². The fourth-order valence-electron chi connectivity index (χ4n) is 1.40. The van der Waals surface area contributed by atoms with Gasteiger partial charge in [0, 0.05) is 19.0 Å². The van der Waals surface area contributed by atoms with E-state index in [9.17, 15) is 0 Å². The van der Waals surface area contributed by atoms with Gasteiger partial charge in [-0.15, -0.1) is 0 Å². The lowest BCUT2D eigenvalue weighted by Gasteiger charge is -2.13. The van der Waals surface area contributed by atoms with E-state index in [4.69, 9.17) is 5.26 Å². The van der Waals surface area contributed by atoms with E-state index in [0.29, 0.717) is 12.5 Å². The van der Waals surface area contributed by atoms with Gasteiger partial charge < -0.3 is 5.32 Å². The molecule has 0 aliphatic carbocycles. The van der Waals surface area contributed by atoms with E-state index in [1.54, 1.807) is 0 Å². The SMILES string of the molecule is Cc1cccc([C@@H](C)NCCC#N)c1. The third kappa shape index (κ3) is 3.20. The molecule has 2 heteroatoms. The second kappa shape index (κ2) is 5.41. The van der Waals surface area contributed by atoms with E-state index >= 15 is 0 Å². The van der Waals surface area contributed by atoms with Crippen molar-refractivity contribution in [3.05, 3.63) is 35.4 Å². The summed E-state index contributed by atoms with van der Waals surface area (Å²) in [6.45, 7) is 4.96. The molecule has 0 heterocycles. The first kappa shape index (κ1) is 10.7. The van der Waals surface area contributed by atoms with Gasteiger partial charge in [-0.05, 0) is 19.4 Å². The van der Waals surface area contributed by atoms with E-state index in [2.05, 4.69) is 49.5 Å². The van der Waals surface area contributed by atoms with Crippen LogP contribution in [0.5, 0.6) is 0 Å². The molecule has 1 aromatic carbocycles. The summed E-state index contributed by atoms with van der Waals surface area (Å²) in [7, 11) is 0. The Labute approximate surface area is 85.6 Å². The molecule has 0 amide bonds. The number of aryl methyl sites for hydroxylation is 1. The van der Waals surface area contributed by atoms with Crippen molar-refractivity contribution < 1.29 is 0 Å². The molecule has 1 rings (SSSR count). The molecule has 2 nitrogen and oxygen atoms in total. The van der Waals surface area contributed by atoms with E-state index in [1.807, 2.05) is 0 Å². The van der Waals surface area contributed by atoms with Crippen LogP contribution < -0.4 is 5.32 Å². The van der Waals surface area contributed by atoms with Crippen LogP contribution in [-0.2, 0) is 0 Å².